The normalized spacial score (nSPS) is 12.3. The van der Waals surface area contributed by atoms with E-state index in [4.69, 9.17) is 6.42 Å². The Kier molecular flexibility index (Phi) is 3.68. The molecule has 5 nitrogen and oxygen atoms in total. The maximum atomic E-state index is 11.2. The van der Waals surface area contributed by atoms with Gasteiger partial charge in [0.05, 0.1) is 7.11 Å². The summed E-state index contributed by atoms with van der Waals surface area (Å²) < 4.78 is 27.8. The minimum absolute atomic E-state index is 0.668. The standard InChI is InChI=1S/C8H13NO4S/c1-6-14(11,12)9(4)8(2,3)7(10)13-5/h1H,2-5H3. The first-order chi connectivity index (χ1) is 6.20. The Bertz CT molecular complexity index is 363. The predicted octanol–water partition coefficient (Wildman–Crippen LogP) is -0.210. The summed E-state index contributed by atoms with van der Waals surface area (Å²) in [6, 6.07) is 0. The number of nitrogens with zero attached hydrogens (tertiary/aromatic N) is 1. The molecule has 0 atom stereocenters. The van der Waals surface area contributed by atoms with Crippen LogP contribution in [-0.4, -0.2) is 38.4 Å². The van der Waals surface area contributed by atoms with E-state index in [0.29, 0.717) is 0 Å². The van der Waals surface area contributed by atoms with Gasteiger partial charge in [-0.3, -0.25) is 4.79 Å². The van der Waals surface area contributed by atoms with Crippen LogP contribution in [0.3, 0.4) is 0 Å². The van der Waals surface area contributed by atoms with Crippen LogP contribution in [0.25, 0.3) is 0 Å². The highest BCUT2D eigenvalue weighted by molar-refractivity contribution is 7.93. The zero-order chi connectivity index (χ0) is 11.6. The van der Waals surface area contributed by atoms with Gasteiger partial charge in [-0.25, -0.2) is 0 Å². The van der Waals surface area contributed by atoms with E-state index in [2.05, 4.69) is 4.74 Å². The molecule has 0 saturated heterocycles. The van der Waals surface area contributed by atoms with Gasteiger partial charge in [-0.05, 0) is 13.8 Å². The minimum Gasteiger partial charge on any atom is -0.468 e. The van der Waals surface area contributed by atoms with Crippen molar-refractivity contribution < 1.29 is 17.9 Å². The maximum absolute atomic E-state index is 11.2. The summed E-state index contributed by atoms with van der Waals surface area (Å²) in [6.45, 7) is 2.82. The number of carbonyl (C=O) groups excluding carboxylic acids is 1. The molecule has 0 amide bonds. The van der Waals surface area contributed by atoms with Gasteiger partial charge >= 0.3 is 5.97 Å². The van der Waals surface area contributed by atoms with Crippen LogP contribution in [0, 0.1) is 11.7 Å². The third-order valence-electron chi connectivity index (χ3n) is 1.98. The van der Waals surface area contributed by atoms with E-state index in [1.54, 1.807) is 5.25 Å². The lowest BCUT2D eigenvalue weighted by Gasteiger charge is -2.29. The second kappa shape index (κ2) is 3.98. The molecule has 0 unspecified atom stereocenters. The molecule has 0 aromatic heterocycles. The monoisotopic (exact) mass is 219 g/mol. The molecule has 0 aliphatic carbocycles. The topological polar surface area (TPSA) is 63.7 Å². The van der Waals surface area contributed by atoms with Crippen LogP contribution in [-0.2, 0) is 19.6 Å². The summed E-state index contributed by atoms with van der Waals surface area (Å²) in [6.07, 6.45) is 4.81. The van der Waals surface area contributed by atoms with Crippen LogP contribution in [0.4, 0.5) is 0 Å². The number of rotatable bonds is 3. The average molecular weight is 219 g/mol. The molecule has 0 aromatic carbocycles. The first kappa shape index (κ1) is 12.9. The average Bonchev–Trinajstić information content (AvgIpc) is 2.15. The predicted molar refractivity (Wildman–Crippen MR) is 51.6 cm³/mol. The fourth-order valence-electron chi connectivity index (χ4n) is 0.758. The molecule has 0 aromatic rings. The van der Waals surface area contributed by atoms with Gasteiger partial charge in [0.2, 0.25) is 0 Å². The number of terminal acetylenes is 1. The highest BCUT2D eigenvalue weighted by Crippen LogP contribution is 2.17. The number of esters is 1. The summed E-state index contributed by atoms with van der Waals surface area (Å²) in [7, 11) is -1.44. The Morgan fingerprint density at radius 2 is 1.93 bits per heavy atom. The fraction of sp³-hybridized carbons (Fsp3) is 0.625. The second-order valence-electron chi connectivity index (χ2n) is 3.14. The van der Waals surface area contributed by atoms with Crippen molar-refractivity contribution in [3.05, 3.63) is 0 Å². The van der Waals surface area contributed by atoms with Crippen LogP contribution in [0.1, 0.15) is 13.8 Å². The highest BCUT2D eigenvalue weighted by atomic mass is 32.2. The molecular formula is C8H13NO4S. The van der Waals surface area contributed by atoms with Crippen LogP contribution in [0.15, 0.2) is 0 Å². The Morgan fingerprint density at radius 3 is 2.21 bits per heavy atom. The van der Waals surface area contributed by atoms with E-state index in [0.717, 1.165) is 4.31 Å². The van der Waals surface area contributed by atoms with Gasteiger partial charge in [0, 0.05) is 12.3 Å². The SMILES string of the molecule is C#CS(=O)(=O)N(C)C(C)(C)C(=O)OC. The minimum atomic E-state index is -3.85. The number of carbonyl (C=O) groups is 1. The van der Waals surface area contributed by atoms with Gasteiger partial charge in [0.25, 0.3) is 10.0 Å². The molecular weight excluding hydrogens is 206 g/mol. The van der Waals surface area contributed by atoms with Gasteiger partial charge < -0.3 is 4.74 Å². The Labute approximate surface area is 84.1 Å². The molecule has 0 aliphatic rings. The number of hydrogen-bond acceptors (Lipinski definition) is 4. The molecule has 14 heavy (non-hydrogen) atoms. The van der Waals surface area contributed by atoms with E-state index < -0.39 is 21.5 Å². The number of likely N-dealkylation sites (N-methyl/N-ethyl adjacent to an activating group) is 1. The maximum Gasteiger partial charge on any atom is 0.326 e. The summed E-state index contributed by atoms with van der Waals surface area (Å²) in [4.78, 5) is 11.2. The molecule has 0 radical (unpaired) electrons. The molecule has 0 aliphatic heterocycles. The first-order valence-electron chi connectivity index (χ1n) is 3.75. The summed E-state index contributed by atoms with van der Waals surface area (Å²) in [5.74, 6) is -0.668. The largest absolute Gasteiger partial charge is 0.468 e. The van der Waals surface area contributed by atoms with Gasteiger partial charge in [0.15, 0.2) is 0 Å². The van der Waals surface area contributed by atoms with Crippen molar-refractivity contribution in [3.8, 4) is 11.7 Å². The van der Waals surface area contributed by atoms with Crippen LogP contribution < -0.4 is 0 Å². The number of sulfonamides is 1. The van der Waals surface area contributed by atoms with E-state index in [1.807, 2.05) is 0 Å². The van der Waals surface area contributed by atoms with Crippen molar-refractivity contribution in [3.63, 3.8) is 0 Å². The molecule has 0 spiro atoms. The molecule has 0 fully saturated rings. The fourth-order valence-corrected chi connectivity index (χ4v) is 1.59. The summed E-state index contributed by atoms with van der Waals surface area (Å²) >= 11 is 0. The number of methoxy groups -OCH3 is 1. The van der Waals surface area contributed by atoms with Crippen LogP contribution >= 0.6 is 0 Å². The molecule has 0 saturated carbocycles. The third-order valence-corrected chi connectivity index (χ3v) is 3.46. The van der Waals surface area contributed by atoms with Crippen molar-refractivity contribution >= 4 is 16.0 Å². The lowest BCUT2D eigenvalue weighted by molar-refractivity contribution is -0.149. The molecule has 0 bridgehead atoms. The van der Waals surface area contributed by atoms with E-state index in [1.165, 1.54) is 28.0 Å². The Morgan fingerprint density at radius 1 is 1.50 bits per heavy atom. The van der Waals surface area contributed by atoms with Crippen molar-refractivity contribution in [2.75, 3.05) is 14.2 Å². The highest BCUT2D eigenvalue weighted by Gasteiger charge is 2.39. The lowest BCUT2D eigenvalue weighted by Crippen LogP contribution is -2.50. The van der Waals surface area contributed by atoms with Gasteiger partial charge in [-0.1, -0.05) is 0 Å². The van der Waals surface area contributed by atoms with E-state index in [9.17, 15) is 13.2 Å². The number of hydrogen-bond donors (Lipinski definition) is 0. The summed E-state index contributed by atoms with van der Waals surface area (Å²) in [5.41, 5.74) is -1.31. The lowest BCUT2D eigenvalue weighted by atomic mass is 10.1. The van der Waals surface area contributed by atoms with Gasteiger partial charge in [-0.15, -0.1) is 6.42 Å². The zero-order valence-electron chi connectivity index (χ0n) is 8.57. The number of ether oxygens (including phenoxy) is 1. The van der Waals surface area contributed by atoms with Crippen molar-refractivity contribution in [1.29, 1.82) is 0 Å². The van der Waals surface area contributed by atoms with Gasteiger partial charge in [-0.2, -0.15) is 12.7 Å². The molecule has 6 heteroatoms. The Hall–Kier alpha value is -1.06. The first-order valence-corrected chi connectivity index (χ1v) is 5.19. The van der Waals surface area contributed by atoms with Gasteiger partial charge in [0.1, 0.15) is 5.54 Å². The molecule has 0 heterocycles. The Balaban J connectivity index is 5.16. The zero-order valence-corrected chi connectivity index (χ0v) is 9.38. The van der Waals surface area contributed by atoms with Crippen molar-refractivity contribution in [2.45, 2.75) is 19.4 Å². The van der Waals surface area contributed by atoms with Crippen molar-refractivity contribution in [1.82, 2.24) is 4.31 Å². The molecule has 0 rings (SSSR count). The third kappa shape index (κ3) is 2.25. The molecule has 0 N–H and O–H groups in total. The summed E-state index contributed by atoms with van der Waals surface area (Å²) in [5, 5.41) is 1.62. The van der Waals surface area contributed by atoms with Crippen LogP contribution in [0.2, 0.25) is 0 Å². The van der Waals surface area contributed by atoms with E-state index in [-0.39, 0.29) is 0 Å². The van der Waals surface area contributed by atoms with E-state index >= 15 is 0 Å². The molecule has 80 valence electrons. The van der Waals surface area contributed by atoms with Crippen molar-refractivity contribution in [2.24, 2.45) is 0 Å². The second-order valence-corrected chi connectivity index (χ2v) is 4.87. The quantitative estimate of drug-likeness (QED) is 0.486. The van der Waals surface area contributed by atoms with Crippen LogP contribution in [0.5, 0.6) is 0 Å². The smallest absolute Gasteiger partial charge is 0.326 e.